The van der Waals surface area contributed by atoms with Gasteiger partial charge in [0.25, 0.3) is 11.8 Å². The number of nitrogens with one attached hydrogen (secondary N) is 1. The maximum atomic E-state index is 12.8. The van der Waals surface area contributed by atoms with Crippen LogP contribution in [-0.2, 0) is 16.3 Å². The fourth-order valence-electron chi connectivity index (χ4n) is 4.39. The lowest BCUT2D eigenvalue weighted by Gasteiger charge is -2.15. The first kappa shape index (κ1) is 21.5. The van der Waals surface area contributed by atoms with Crippen LogP contribution in [0.3, 0.4) is 0 Å². The Hall–Kier alpha value is -3.39. The predicted octanol–water partition coefficient (Wildman–Crippen LogP) is 4.25. The summed E-state index contributed by atoms with van der Waals surface area (Å²) >= 11 is 1.78. The van der Waals surface area contributed by atoms with E-state index in [1.165, 1.54) is 10.5 Å². The van der Waals surface area contributed by atoms with Crippen LogP contribution in [0, 0.1) is 13.8 Å². The SMILES string of the molecule is Cc1ccc(-n2nc3c(c2NC(=O)CCCN2C(=O)c4ccccc4C2=O)CSC3)c(C)c1. The molecule has 7 nitrogen and oxygen atoms in total. The molecule has 2 aliphatic heterocycles. The molecule has 168 valence electrons. The van der Waals surface area contributed by atoms with E-state index in [1.807, 2.05) is 30.7 Å². The van der Waals surface area contributed by atoms with Gasteiger partial charge in [-0.25, -0.2) is 4.68 Å². The average molecular weight is 461 g/mol. The zero-order valence-electron chi connectivity index (χ0n) is 18.6. The Morgan fingerprint density at radius 2 is 1.79 bits per heavy atom. The molecule has 0 radical (unpaired) electrons. The maximum absolute atomic E-state index is 12.8. The summed E-state index contributed by atoms with van der Waals surface area (Å²) in [5, 5.41) is 7.83. The van der Waals surface area contributed by atoms with E-state index < -0.39 is 0 Å². The average Bonchev–Trinajstić information content (AvgIpc) is 3.44. The van der Waals surface area contributed by atoms with Gasteiger partial charge in [0, 0.05) is 30.0 Å². The number of hydrogen-bond acceptors (Lipinski definition) is 5. The van der Waals surface area contributed by atoms with Gasteiger partial charge in [0.1, 0.15) is 5.82 Å². The highest BCUT2D eigenvalue weighted by Crippen LogP contribution is 2.36. The van der Waals surface area contributed by atoms with Crippen LogP contribution in [0.5, 0.6) is 0 Å². The summed E-state index contributed by atoms with van der Waals surface area (Å²) in [7, 11) is 0. The number of amides is 3. The number of benzene rings is 2. The van der Waals surface area contributed by atoms with Crippen molar-refractivity contribution in [3.63, 3.8) is 0 Å². The van der Waals surface area contributed by atoms with Gasteiger partial charge in [0.05, 0.1) is 22.5 Å². The van der Waals surface area contributed by atoms with Gasteiger partial charge >= 0.3 is 0 Å². The fourth-order valence-corrected chi connectivity index (χ4v) is 5.43. The summed E-state index contributed by atoms with van der Waals surface area (Å²) < 4.78 is 1.83. The number of hydrogen-bond donors (Lipinski definition) is 1. The van der Waals surface area contributed by atoms with Gasteiger partial charge < -0.3 is 5.32 Å². The highest BCUT2D eigenvalue weighted by molar-refractivity contribution is 7.98. The molecule has 3 amide bonds. The molecule has 33 heavy (non-hydrogen) atoms. The normalized spacial score (nSPS) is 14.5. The molecule has 0 atom stereocenters. The molecular formula is C25H24N4O3S. The first-order chi connectivity index (χ1) is 15.9. The Morgan fingerprint density at radius 1 is 1.06 bits per heavy atom. The van der Waals surface area contributed by atoms with Crippen molar-refractivity contribution in [2.24, 2.45) is 0 Å². The van der Waals surface area contributed by atoms with Crippen LogP contribution >= 0.6 is 11.8 Å². The minimum absolute atomic E-state index is 0.155. The van der Waals surface area contributed by atoms with Crippen LogP contribution < -0.4 is 5.32 Å². The predicted molar refractivity (Wildman–Crippen MR) is 128 cm³/mol. The number of rotatable bonds is 6. The third-order valence-electron chi connectivity index (χ3n) is 6.05. The lowest BCUT2D eigenvalue weighted by molar-refractivity contribution is -0.116. The standard InChI is InChI=1S/C25H24N4O3S/c1-15-9-10-21(16(2)12-15)29-23(19-13-33-14-20(19)27-29)26-22(30)8-5-11-28-24(31)17-6-3-4-7-18(17)25(28)32/h3-4,6-7,9-10,12H,5,8,11,13-14H2,1-2H3,(H,26,30). The molecule has 0 saturated heterocycles. The minimum atomic E-state index is -0.293. The number of thioether (sulfide) groups is 1. The van der Waals surface area contributed by atoms with Crippen molar-refractivity contribution in [1.82, 2.24) is 14.7 Å². The molecule has 0 aliphatic carbocycles. The zero-order valence-corrected chi connectivity index (χ0v) is 19.4. The molecule has 0 saturated carbocycles. The summed E-state index contributed by atoms with van der Waals surface area (Å²) in [4.78, 5) is 39.1. The summed E-state index contributed by atoms with van der Waals surface area (Å²) in [6, 6.07) is 13.0. The molecule has 0 fully saturated rings. The molecule has 3 aromatic rings. The zero-order chi connectivity index (χ0) is 23.1. The second kappa shape index (κ2) is 8.51. The number of carbonyl (C=O) groups excluding carboxylic acids is 3. The van der Waals surface area contributed by atoms with Gasteiger partial charge in [-0.2, -0.15) is 16.9 Å². The number of carbonyl (C=O) groups is 3. The Kier molecular flexibility index (Phi) is 5.54. The second-order valence-electron chi connectivity index (χ2n) is 8.43. The number of nitrogens with zero attached hydrogens (tertiary/aromatic N) is 3. The first-order valence-corrected chi connectivity index (χ1v) is 12.1. The van der Waals surface area contributed by atoms with E-state index in [1.54, 1.807) is 36.0 Å². The largest absolute Gasteiger partial charge is 0.310 e. The van der Waals surface area contributed by atoms with Crippen LogP contribution in [0.1, 0.15) is 55.9 Å². The number of aryl methyl sites for hydroxylation is 2. The summed E-state index contributed by atoms with van der Waals surface area (Å²) in [5.41, 5.74) is 6.13. The molecule has 1 aromatic heterocycles. The van der Waals surface area contributed by atoms with Gasteiger partial charge in [-0.15, -0.1) is 0 Å². The van der Waals surface area contributed by atoms with Crippen LogP contribution in [0.4, 0.5) is 5.82 Å². The van der Waals surface area contributed by atoms with E-state index in [0.29, 0.717) is 23.4 Å². The Labute approximate surface area is 196 Å². The molecule has 8 heteroatoms. The molecule has 0 bridgehead atoms. The number of anilines is 1. The van der Waals surface area contributed by atoms with Gasteiger partial charge in [0.2, 0.25) is 5.91 Å². The quantitative estimate of drug-likeness (QED) is 0.556. The summed E-state index contributed by atoms with van der Waals surface area (Å²) in [6.45, 7) is 4.30. The van der Waals surface area contributed by atoms with Gasteiger partial charge in [-0.3, -0.25) is 19.3 Å². The molecule has 2 aromatic carbocycles. The molecule has 1 N–H and O–H groups in total. The summed E-state index contributed by atoms with van der Waals surface area (Å²) in [5.74, 6) is 1.61. The Balaban J connectivity index is 1.28. The van der Waals surface area contributed by atoms with Crippen molar-refractivity contribution in [2.45, 2.75) is 38.2 Å². The minimum Gasteiger partial charge on any atom is -0.310 e. The number of aromatic nitrogens is 2. The second-order valence-corrected chi connectivity index (χ2v) is 9.41. The highest BCUT2D eigenvalue weighted by atomic mass is 32.2. The lowest BCUT2D eigenvalue weighted by atomic mass is 10.1. The van der Waals surface area contributed by atoms with Crippen molar-refractivity contribution in [1.29, 1.82) is 0 Å². The molecule has 0 unspecified atom stereocenters. The molecule has 2 aliphatic rings. The number of fused-ring (bicyclic) bond motifs is 2. The van der Waals surface area contributed by atoms with Crippen LogP contribution in [-0.4, -0.2) is 38.9 Å². The Bertz CT molecular complexity index is 1260. The van der Waals surface area contributed by atoms with Crippen molar-refractivity contribution in [3.8, 4) is 5.69 Å². The van der Waals surface area contributed by atoms with Gasteiger partial charge in [-0.1, -0.05) is 29.8 Å². The van der Waals surface area contributed by atoms with Gasteiger partial charge in [0.15, 0.2) is 0 Å². The van der Waals surface area contributed by atoms with Crippen molar-refractivity contribution >= 4 is 35.3 Å². The first-order valence-electron chi connectivity index (χ1n) is 11.0. The molecule has 5 rings (SSSR count). The fraction of sp³-hybridized carbons (Fsp3) is 0.280. The van der Waals surface area contributed by atoms with E-state index in [0.717, 1.165) is 34.0 Å². The van der Waals surface area contributed by atoms with Crippen molar-refractivity contribution in [3.05, 3.63) is 76.0 Å². The van der Waals surface area contributed by atoms with Crippen molar-refractivity contribution in [2.75, 3.05) is 11.9 Å². The molecule has 0 spiro atoms. The van der Waals surface area contributed by atoms with E-state index in [-0.39, 0.29) is 30.7 Å². The number of imide groups is 1. The van der Waals surface area contributed by atoms with Crippen LogP contribution in [0.25, 0.3) is 5.69 Å². The smallest absolute Gasteiger partial charge is 0.261 e. The third-order valence-corrected chi connectivity index (χ3v) is 7.02. The topological polar surface area (TPSA) is 84.3 Å². The lowest BCUT2D eigenvalue weighted by Crippen LogP contribution is -2.31. The highest BCUT2D eigenvalue weighted by Gasteiger charge is 2.34. The van der Waals surface area contributed by atoms with Crippen LogP contribution in [0.15, 0.2) is 42.5 Å². The van der Waals surface area contributed by atoms with Crippen molar-refractivity contribution < 1.29 is 14.4 Å². The Morgan fingerprint density at radius 3 is 2.48 bits per heavy atom. The maximum Gasteiger partial charge on any atom is 0.261 e. The van der Waals surface area contributed by atoms with E-state index in [4.69, 9.17) is 5.10 Å². The summed E-state index contributed by atoms with van der Waals surface area (Å²) in [6.07, 6.45) is 0.597. The van der Waals surface area contributed by atoms with Crippen LogP contribution in [0.2, 0.25) is 0 Å². The third kappa shape index (κ3) is 3.84. The molecular weight excluding hydrogens is 436 g/mol. The van der Waals surface area contributed by atoms with E-state index in [2.05, 4.69) is 11.4 Å². The monoisotopic (exact) mass is 460 g/mol. The van der Waals surface area contributed by atoms with E-state index >= 15 is 0 Å². The molecule has 3 heterocycles. The van der Waals surface area contributed by atoms with Gasteiger partial charge in [-0.05, 0) is 44.0 Å². The van der Waals surface area contributed by atoms with E-state index in [9.17, 15) is 14.4 Å².